The van der Waals surface area contributed by atoms with E-state index in [0.717, 1.165) is 14.2 Å². The molecule has 0 bridgehead atoms. The molecule has 5 heteroatoms. The van der Waals surface area contributed by atoms with Gasteiger partial charge in [0.1, 0.15) is 0 Å². The lowest BCUT2D eigenvalue weighted by Crippen LogP contribution is -2.25. The summed E-state index contributed by atoms with van der Waals surface area (Å²) in [6.07, 6.45) is 0. The van der Waals surface area contributed by atoms with Crippen LogP contribution in [0, 0.1) is 11.3 Å². The van der Waals surface area contributed by atoms with Crippen LogP contribution in [-0.2, 0) is 6.54 Å². The second-order valence-corrected chi connectivity index (χ2v) is 6.97. The van der Waals surface area contributed by atoms with Crippen LogP contribution < -0.4 is 0 Å². The number of hydrogen-bond donors (Lipinski definition) is 0. The SMILES string of the molecule is CN(CC(=O)c1ccc(Br)s1)Cc1cccc(C#N)c1. The van der Waals surface area contributed by atoms with Gasteiger partial charge in [0, 0.05) is 6.54 Å². The molecule has 2 aromatic rings. The Labute approximate surface area is 130 Å². The van der Waals surface area contributed by atoms with Crippen molar-refractivity contribution in [3.8, 4) is 6.07 Å². The minimum atomic E-state index is 0.111. The van der Waals surface area contributed by atoms with Gasteiger partial charge in [-0.3, -0.25) is 9.69 Å². The summed E-state index contributed by atoms with van der Waals surface area (Å²) in [5.41, 5.74) is 1.68. The summed E-state index contributed by atoms with van der Waals surface area (Å²) in [6.45, 7) is 1.01. The van der Waals surface area contributed by atoms with Crippen molar-refractivity contribution < 1.29 is 4.79 Å². The first-order valence-electron chi connectivity index (χ1n) is 6.04. The fraction of sp³-hybridized carbons (Fsp3) is 0.200. The summed E-state index contributed by atoms with van der Waals surface area (Å²) < 4.78 is 0.963. The Balaban J connectivity index is 1.97. The predicted molar refractivity (Wildman–Crippen MR) is 83.8 cm³/mol. The van der Waals surface area contributed by atoms with Crippen molar-refractivity contribution in [2.24, 2.45) is 0 Å². The third-order valence-corrected chi connectivity index (χ3v) is 4.43. The zero-order valence-electron chi connectivity index (χ0n) is 11.0. The Morgan fingerprint density at radius 3 is 2.85 bits per heavy atom. The molecule has 1 aromatic heterocycles. The molecule has 1 heterocycles. The molecule has 0 aliphatic carbocycles. The van der Waals surface area contributed by atoms with Crippen LogP contribution in [0.5, 0.6) is 0 Å². The zero-order chi connectivity index (χ0) is 14.5. The van der Waals surface area contributed by atoms with E-state index < -0.39 is 0 Å². The van der Waals surface area contributed by atoms with Crippen molar-refractivity contribution in [3.05, 3.63) is 56.2 Å². The number of nitrogens with zero attached hydrogens (tertiary/aromatic N) is 2. The van der Waals surface area contributed by atoms with Crippen LogP contribution in [0.25, 0.3) is 0 Å². The number of likely N-dealkylation sites (N-methyl/N-ethyl adjacent to an activating group) is 1. The molecule has 0 atom stereocenters. The lowest BCUT2D eigenvalue weighted by atomic mass is 10.1. The third-order valence-electron chi connectivity index (χ3n) is 2.77. The van der Waals surface area contributed by atoms with Gasteiger partial charge in [0.15, 0.2) is 5.78 Å². The molecular weight excluding hydrogens is 336 g/mol. The Kier molecular flexibility index (Phi) is 5.07. The normalized spacial score (nSPS) is 10.5. The van der Waals surface area contributed by atoms with Gasteiger partial charge in [-0.2, -0.15) is 5.26 Å². The van der Waals surface area contributed by atoms with Gasteiger partial charge < -0.3 is 0 Å². The van der Waals surface area contributed by atoms with Crippen LogP contribution in [0.1, 0.15) is 20.8 Å². The first-order valence-corrected chi connectivity index (χ1v) is 7.65. The van der Waals surface area contributed by atoms with Crippen LogP contribution in [0.3, 0.4) is 0 Å². The fourth-order valence-corrected chi connectivity index (χ4v) is 3.21. The van der Waals surface area contributed by atoms with E-state index in [0.29, 0.717) is 18.7 Å². The molecule has 0 amide bonds. The van der Waals surface area contributed by atoms with E-state index in [2.05, 4.69) is 22.0 Å². The van der Waals surface area contributed by atoms with E-state index in [1.165, 1.54) is 11.3 Å². The summed E-state index contributed by atoms with van der Waals surface area (Å²) in [4.78, 5) is 14.8. The van der Waals surface area contributed by atoms with Gasteiger partial charge in [-0.1, -0.05) is 12.1 Å². The van der Waals surface area contributed by atoms with Crippen LogP contribution in [0.2, 0.25) is 0 Å². The molecule has 0 N–H and O–H groups in total. The quantitative estimate of drug-likeness (QED) is 0.773. The number of ketones is 1. The smallest absolute Gasteiger partial charge is 0.186 e. The number of benzene rings is 1. The Morgan fingerprint density at radius 1 is 1.40 bits per heavy atom. The number of halogens is 1. The highest BCUT2D eigenvalue weighted by molar-refractivity contribution is 9.11. The number of nitriles is 1. The van der Waals surface area contributed by atoms with Crippen molar-refractivity contribution in [1.29, 1.82) is 5.26 Å². The Hall–Kier alpha value is -1.48. The third kappa shape index (κ3) is 4.01. The maximum atomic E-state index is 12.1. The summed E-state index contributed by atoms with van der Waals surface area (Å²) >= 11 is 4.81. The molecule has 3 nitrogen and oxygen atoms in total. The molecule has 0 aliphatic heterocycles. The lowest BCUT2D eigenvalue weighted by molar-refractivity contribution is 0.0947. The Bertz CT molecular complexity index is 660. The average molecular weight is 349 g/mol. The first kappa shape index (κ1) is 14.9. The highest BCUT2D eigenvalue weighted by atomic mass is 79.9. The number of rotatable bonds is 5. The average Bonchev–Trinajstić information content (AvgIpc) is 2.85. The van der Waals surface area contributed by atoms with Gasteiger partial charge in [0.05, 0.1) is 26.8 Å². The summed E-state index contributed by atoms with van der Waals surface area (Å²) in [7, 11) is 1.90. The zero-order valence-corrected chi connectivity index (χ0v) is 13.4. The van der Waals surface area contributed by atoms with Gasteiger partial charge in [0.25, 0.3) is 0 Å². The summed E-state index contributed by atoms with van der Waals surface area (Å²) in [6, 6.07) is 13.3. The van der Waals surface area contributed by atoms with Crippen LogP contribution >= 0.6 is 27.3 Å². The second-order valence-electron chi connectivity index (χ2n) is 4.51. The van der Waals surface area contributed by atoms with Crippen molar-refractivity contribution in [2.75, 3.05) is 13.6 Å². The second kappa shape index (κ2) is 6.80. The molecule has 20 heavy (non-hydrogen) atoms. The largest absolute Gasteiger partial charge is 0.295 e. The van der Waals surface area contributed by atoms with Gasteiger partial charge in [-0.15, -0.1) is 11.3 Å². The minimum Gasteiger partial charge on any atom is -0.295 e. The van der Waals surface area contributed by atoms with Crippen LogP contribution in [0.15, 0.2) is 40.2 Å². The Morgan fingerprint density at radius 2 is 2.20 bits per heavy atom. The maximum absolute atomic E-state index is 12.1. The molecule has 0 saturated carbocycles. The molecule has 0 aliphatic rings. The monoisotopic (exact) mass is 348 g/mol. The number of thiophene rings is 1. The molecule has 0 fully saturated rings. The molecule has 0 saturated heterocycles. The van der Waals surface area contributed by atoms with E-state index in [4.69, 9.17) is 5.26 Å². The highest BCUT2D eigenvalue weighted by Crippen LogP contribution is 2.22. The highest BCUT2D eigenvalue weighted by Gasteiger charge is 2.12. The topological polar surface area (TPSA) is 44.1 Å². The van der Waals surface area contributed by atoms with Crippen molar-refractivity contribution in [1.82, 2.24) is 4.90 Å². The standard InChI is InChI=1S/C15H13BrN2OS/c1-18(9-12-4-2-3-11(7-12)8-17)10-13(19)14-5-6-15(16)20-14/h2-7H,9-10H2,1H3. The van der Waals surface area contributed by atoms with Gasteiger partial charge >= 0.3 is 0 Å². The molecule has 0 radical (unpaired) electrons. The maximum Gasteiger partial charge on any atom is 0.186 e. The molecule has 0 spiro atoms. The number of carbonyl (C=O) groups is 1. The van der Waals surface area contributed by atoms with Gasteiger partial charge in [-0.05, 0) is 52.8 Å². The lowest BCUT2D eigenvalue weighted by Gasteiger charge is -2.15. The van der Waals surface area contributed by atoms with Gasteiger partial charge in [0.2, 0.25) is 0 Å². The van der Waals surface area contributed by atoms with E-state index in [1.54, 1.807) is 6.07 Å². The van der Waals surface area contributed by atoms with E-state index in [9.17, 15) is 4.79 Å². The van der Waals surface area contributed by atoms with Crippen molar-refractivity contribution in [3.63, 3.8) is 0 Å². The van der Waals surface area contributed by atoms with E-state index in [-0.39, 0.29) is 5.78 Å². The first-order chi connectivity index (χ1) is 9.58. The molecule has 2 rings (SSSR count). The van der Waals surface area contributed by atoms with Gasteiger partial charge in [-0.25, -0.2) is 0 Å². The molecule has 0 unspecified atom stereocenters. The number of Topliss-reactive ketones (excluding diaryl/α,β-unsaturated/α-hetero) is 1. The molecular formula is C15H13BrN2OS. The fourth-order valence-electron chi connectivity index (χ4n) is 1.89. The van der Waals surface area contributed by atoms with Crippen molar-refractivity contribution >= 4 is 33.0 Å². The predicted octanol–water partition coefficient (Wildman–Crippen LogP) is 3.70. The molecule has 1 aromatic carbocycles. The minimum absolute atomic E-state index is 0.111. The molecule has 102 valence electrons. The van der Waals surface area contributed by atoms with Crippen LogP contribution in [-0.4, -0.2) is 24.3 Å². The van der Waals surface area contributed by atoms with Crippen molar-refractivity contribution in [2.45, 2.75) is 6.54 Å². The summed E-state index contributed by atoms with van der Waals surface area (Å²) in [5, 5.41) is 8.87. The van der Waals surface area contributed by atoms with Crippen LogP contribution in [0.4, 0.5) is 0 Å². The number of hydrogen-bond acceptors (Lipinski definition) is 4. The summed E-state index contributed by atoms with van der Waals surface area (Å²) in [5.74, 6) is 0.111. The van der Waals surface area contributed by atoms with E-state index >= 15 is 0 Å². The number of carbonyl (C=O) groups excluding carboxylic acids is 1. The van der Waals surface area contributed by atoms with E-state index in [1.807, 2.05) is 42.3 Å².